The molecular weight excluding hydrogens is 154 g/mol. The summed E-state index contributed by atoms with van der Waals surface area (Å²) in [6.07, 6.45) is -0.159. The third-order valence-corrected chi connectivity index (χ3v) is 1.43. The van der Waals surface area contributed by atoms with E-state index in [4.69, 9.17) is 4.74 Å². The zero-order valence-corrected chi connectivity index (χ0v) is 8.46. The molecular formula is C9H19NO2. The van der Waals surface area contributed by atoms with Crippen molar-refractivity contribution in [1.82, 2.24) is 4.90 Å². The van der Waals surface area contributed by atoms with Gasteiger partial charge in [0.25, 0.3) is 0 Å². The highest BCUT2D eigenvalue weighted by Crippen LogP contribution is 2.06. The molecule has 0 N–H and O–H groups in total. The van der Waals surface area contributed by atoms with E-state index in [2.05, 4.69) is 13.8 Å². The largest absolute Gasteiger partial charge is 0.448 e. The van der Waals surface area contributed by atoms with Gasteiger partial charge in [-0.25, -0.2) is 4.79 Å². The first kappa shape index (κ1) is 11.3. The lowest BCUT2D eigenvalue weighted by atomic mass is 10.2. The minimum atomic E-state index is -0.159. The van der Waals surface area contributed by atoms with Crippen molar-refractivity contribution in [2.24, 2.45) is 5.92 Å². The van der Waals surface area contributed by atoms with Crippen LogP contribution in [0.25, 0.3) is 0 Å². The van der Waals surface area contributed by atoms with Gasteiger partial charge in [0.2, 0.25) is 0 Å². The monoisotopic (exact) mass is 173 g/mol. The lowest BCUT2D eigenvalue weighted by molar-refractivity contribution is 0.155. The van der Waals surface area contributed by atoms with Crippen LogP contribution in [0.4, 0.5) is 4.79 Å². The predicted molar refractivity (Wildman–Crippen MR) is 49.1 cm³/mol. The van der Waals surface area contributed by atoms with Crippen LogP contribution in [0.3, 0.4) is 0 Å². The summed E-state index contributed by atoms with van der Waals surface area (Å²) < 4.78 is 4.75. The van der Waals surface area contributed by atoms with Gasteiger partial charge < -0.3 is 9.64 Å². The Hall–Kier alpha value is -0.730. The van der Waals surface area contributed by atoms with Gasteiger partial charge in [-0.1, -0.05) is 27.7 Å². The van der Waals surface area contributed by atoms with E-state index in [0.29, 0.717) is 12.5 Å². The molecule has 0 spiro atoms. The minimum absolute atomic E-state index is 0.159. The van der Waals surface area contributed by atoms with Crippen molar-refractivity contribution < 1.29 is 9.53 Å². The van der Waals surface area contributed by atoms with Gasteiger partial charge in [-0.15, -0.1) is 0 Å². The fraction of sp³-hybridized carbons (Fsp3) is 0.889. The number of carbonyl (C=O) groups is 1. The molecule has 12 heavy (non-hydrogen) atoms. The van der Waals surface area contributed by atoms with Crippen molar-refractivity contribution in [3.63, 3.8) is 0 Å². The number of carbonyl (C=O) groups excluding carboxylic acids is 1. The van der Waals surface area contributed by atoms with Gasteiger partial charge in [0.1, 0.15) is 6.61 Å². The van der Waals surface area contributed by atoms with Crippen molar-refractivity contribution >= 4 is 6.09 Å². The van der Waals surface area contributed by atoms with Crippen LogP contribution in [0.15, 0.2) is 0 Å². The molecule has 72 valence electrons. The number of hydrogen-bond donors (Lipinski definition) is 0. The van der Waals surface area contributed by atoms with Gasteiger partial charge in [-0.3, -0.25) is 0 Å². The summed E-state index contributed by atoms with van der Waals surface area (Å²) in [5.74, 6) is 0.533. The van der Waals surface area contributed by atoms with Gasteiger partial charge >= 0.3 is 6.09 Å². The number of amides is 1. The van der Waals surface area contributed by atoms with E-state index < -0.39 is 0 Å². The highest BCUT2D eigenvalue weighted by Gasteiger charge is 2.21. The van der Waals surface area contributed by atoms with Crippen LogP contribution in [-0.2, 0) is 4.74 Å². The van der Waals surface area contributed by atoms with Crippen molar-refractivity contribution in [2.45, 2.75) is 27.7 Å². The Kier molecular flexibility index (Phi) is 5.51. The first-order valence-corrected chi connectivity index (χ1v) is 4.62. The van der Waals surface area contributed by atoms with E-state index in [0.717, 1.165) is 13.1 Å². The maximum Gasteiger partial charge on any atom is 0.409 e. The zero-order valence-electron chi connectivity index (χ0n) is 8.46. The smallest absolute Gasteiger partial charge is 0.409 e. The molecule has 1 amide bonds. The lowest BCUT2D eigenvalue weighted by Crippen LogP contribution is -2.28. The fourth-order valence-electron chi connectivity index (χ4n) is 1.03. The van der Waals surface area contributed by atoms with Gasteiger partial charge in [0.05, 0.1) is 6.54 Å². The number of ether oxygens (including phenoxy) is 1. The van der Waals surface area contributed by atoms with Gasteiger partial charge in [-0.2, -0.15) is 0 Å². The van der Waals surface area contributed by atoms with Gasteiger partial charge in [-0.05, 0) is 5.92 Å². The van der Waals surface area contributed by atoms with Gasteiger partial charge in [0, 0.05) is 6.54 Å². The standard InChI is InChI=1S/C7H13NO2.C2H6/c1-6(2)5-8-3-4-10-7(8)9;1-2/h6H,3-5H2,1-2H3;1-2H3. The van der Waals surface area contributed by atoms with Crippen molar-refractivity contribution in [3.8, 4) is 0 Å². The van der Waals surface area contributed by atoms with E-state index in [1.165, 1.54) is 0 Å². The summed E-state index contributed by atoms with van der Waals surface area (Å²) in [6, 6.07) is 0. The van der Waals surface area contributed by atoms with Crippen LogP contribution in [0, 0.1) is 5.92 Å². The molecule has 1 saturated heterocycles. The van der Waals surface area contributed by atoms with E-state index in [-0.39, 0.29) is 6.09 Å². The van der Waals surface area contributed by atoms with Crippen LogP contribution >= 0.6 is 0 Å². The Morgan fingerprint density at radius 1 is 1.50 bits per heavy atom. The zero-order chi connectivity index (χ0) is 9.56. The molecule has 0 saturated carbocycles. The second kappa shape index (κ2) is 5.86. The molecule has 0 unspecified atom stereocenters. The predicted octanol–water partition coefficient (Wildman–Crippen LogP) is 2.12. The van der Waals surface area contributed by atoms with Crippen LogP contribution in [0.1, 0.15) is 27.7 Å². The number of nitrogens with zero attached hydrogens (tertiary/aromatic N) is 1. The van der Waals surface area contributed by atoms with Gasteiger partial charge in [0.15, 0.2) is 0 Å². The second-order valence-electron chi connectivity index (χ2n) is 2.95. The SMILES string of the molecule is CC.CC(C)CN1CCOC1=O. The fourth-order valence-corrected chi connectivity index (χ4v) is 1.03. The second-order valence-corrected chi connectivity index (χ2v) is 2.95. The molecule has 0 aromatic heterocycles. The summed E-state index contributed by atoms with van der Waals surface area (Å²) in [4.78, 5) is 12.6. The average molecular weight is 173 g/mol. The van der Waals surface area contributed by atoms with Crippen LogP contribution < -0.4 is 0 Å². The maximum absolute atomic E-state index is 10.8. The normalized spacial score (nSPS) is 15.8. The molecule has 1 heterocycles. The van der Waals surface area contributed by atoms with Crippen molar-refractivity contribution in [1.29, 1.82) is 0 Å². The van der Waals surface area contributed by atoms with Crippen molar-refractivity contribution in [2.75, 3.05) is 19.7 Å². The Balaban J connectivity index is 0.000000561. The molecule has 1 aliphatic heterocycles. The average Bonchev–Trinajstić information content (AvgIpc) is 2.40. The van der Waals surface area contributed by atoms with Crippen LogP contribution in [-0.4, -0.2) is 30.7 Å². The molecule has 1 aliphatic rings. The molecule has 0 aliphatic carbocycles. The summed E-state index contributed by atoms with van der Waals surface area (Å²) in [5, 5.41) is 0. The molecule has 1 rings (SSSR count). The Morgan fingerprint density at radius 3 is 2.42 bits per heavy atom. The Bertz CT molecular complexity index is 134. The summed E-state index contributed by atoms with van der Waals surface area (Å²) in [5.41, 5.74) is 0. The van der Waals surface area contributed by atoms with Crippen molar-refractivity contribution in [3.05, 3.63) is 0 Å². The van der Waals surface area contributed by atoms with E-state index >= 15 is 0 Å². The molecule has 3 heteroatoms. The quantitative estimate of drug-likeness (QED) is 0.640. The highest BCUT2D eigenvalue weighted by atomic mass is 16.6. The number of rotatable bonds is 2. The molecule has 0 aromatic rings. The Labute approximate surface area is 74.7 Å². The van der Waals surface area contributed by atoms with E-state index in [1.54, 1.807) is 4.90 Å². The molecule has 3 nitrogen and oxygen atoms in total. The third-order valence-electron chi connectivity index (χ3n) is 1.43. The first-order chi connectivity index (χ1) is 5.70. The van der Waals surface area contributed by atoms with E-state index in [1.807, 2.05) is 13.8 Å². The molecule has 1 fully saturated rings. The highest BCUT2D eigenvalue weighted by molar-refractivity contribution is 5.69. The van der Waals surface area contributed by atoms with Crippen LogP contribution in [0.5, 0.6) is 0 Å². The summed E-state index contributed by atoms with van der Waals surface area (Å²) in [6.45, 7) is 10.3. The first-order valence-electron chi connectivity index (χ1n) is 4.62. The number of hydrogen-bond acceptors (Lipinski definition) is 2. The molecule has 0 bridgehead atoms. The molecule has 0 atom stereocenters. The lowest BCUT2D eigenvalue weighted by Gasteiger charge is -2.14. The topological polar surface area (TPSA) is 29.5 Å². The van der Waals surface area contributed by atoms with Crippen LogP contribution in [0.2, 0.25) is 0 Å². The Morgan fingerprint density at radius 2 is 2.08 bits per heavy atom. The van der Waals surface area contributed by atoms with E-state index in [9.17, 15) is 4.79 Å². The minimum Gasteiger partial charge on any atom is -0.448 e. The number of cyclic esters (lactones) is 1. The summed E-state index contributed by atoms with van der Waals surface area (Å²) in [7, 11) is 0. The molecule has 0 aromatic carbocycles. The third kappa shape index (κ3) is 3.60. The molecule has 0 radical (unpaired) electrons. The maximum atomic E-state index is 10.8. The summed E-state index contributed by atoms with van der Waals surface area (Å²) >= 11 is 0.